The number of allylic oxidation sites excluding steroid dienone is 8. The number of benzene rings is 4. The van der Waals surface area contributed by atoms with Crippen molar-refractivity contribution < 1.29 is 15.7 Å². The van der Waals surface area contributed by atoms with E-state index >= 15 is 0 Å². The molecule has 2 aliphatic carbocycles. The molecular weight excluding hydrogens is 643 g/mol. The Labute approximate surface area is 244 Å². The first-order chi connectivity index (χ1) is 17.7. The summed E-state index contributed by atoms with van der Waals surface area (Å²) in [5, 5.41) is 0. The minimum absolute atomic E-state index is 0. The second-order valence-electron chi connectivity index (χ2n) is 9.99. The molecule has 0 fully saturated rings. The second-order valence-corrected chi connectivity index (χ2v) is 40.7. The van der Waals surface area contributed by atoms with Gasteiger partial charge in [-0.2, -0.15) is 0 Å². The SMILES string of the molecule is Cl.Cl.[GeH2]=[Zr]([C]1=CC(c2ccccc2)=CC1)([C]1=CC(c2ccccc2)=CC1)([c]1ccccc1)[c]1ccccc1. The normalized spacial score (nSPS) is 14.9. The Kier molecular flexibility index (Phi) is 9.06. The van der Waals surface area contributed by atoms with Gasteiger partial charge in [0.05, 0.1) is 0 Å². The van der Waals surface area contributed by atoms with Crippen molar-refractivity contribution in [2.75, 3.05) is 0 Å². The van der Waals surface area contributed by atoms with Crippen LogP contribution in [-0.4, -0.2) is 12.1 Å². The fourth-order valence-corrected chi connectivity index (χ4v) is 33.3. The Morgan fingerprint density at radius 2 is 0.763 bits per heavy atom. The van der Waals surface area contributed by atoms with Crippen LogP contribution in [-0.2, 0) is 15.7 Å². The molecule has 0 atom stereocenters. The second kappa shape index (κ2) is 11.9. The van der Waals surface area contributed by atoms with E-state index in [0.717, 1.165) is 12.8 Å². The average molecular weight is 675 g/mol. The Balaban J connectivity index is 0.00000168. The molecule has 6 rings (SSSR count). The van der Waals surface area contributed by atoms with Crippen LogP contribution in [0.15, 0.2) is 152 Å². The zero-order valence-electron chi connectivity index (χ0n) is 21.3. The molecule has 0 saturated heterocycles. The summed E-state index contributed by atoms with van der Waals surface area (Å²) in [5.41, 5.74) is 5.39. The van der Waals surface area contributed by atoms with Gasteiger partial charge < -0.3 is 0 Å². The van der Waals surface area contributed by atoms with E-state index in [1.54, 1.807) is 13.1 Å². The number of hydrogen-bond acceptors (Lipinski definition) is 0. The zero-order valence-corrected chi connectivity index (χ0v) is 28.4. The molecule has 0 nitrogen and oxygen atoms in total. The van der Waals surface area contributed by atoms with E-state index in [0.29, 0.717) is 0 Å². The van der Waals surface area contributed by atoms with Crippen LogP contribution in [0.2, 0.25) is 0 Å². The number of hydrogen-bond donors (Lipinski definition) is 0. The summed E-state index contributed by atoms with van der Waals surface area (Å²) in [5.74, 6) is 0. The van der Waals surface area contributed by atoms with Crippen molar-refractivity contribution in [3.8, 4) is 0 Å². The summed E-state index contributed by atoms with van der Waals surface area (Å²) in [6.45, 7) is 0. The van der Waals surface area contributed by atoms with Crippen molar-refractivity contribution in [2.24, 2.45) is 0 Å². The summed E-state index contributed by atoms with van der Waals surface area (Å²) < 4.78 is 6.52. The van der Waals surface area contributed by atoms with Gasteiger partial charge in [-0.3, -0.25) is 0 Å². The Hall–Kier alpha value is -2.15. The van der Waals surface area contributed by atoms with Gasteiger partial charge in [0.25, 0.3) is 0 Å². The molecule has 4 aromatic carbocycles. The predicted molar refractivity (Wildman–Crippen MR) is 169 cm³/mol. The molecular formula is C34H32Cl2GeZr. The van der Waals surface area contributed by atoms with Gasteiger partial charge in [-0.05, 0) is 0 Å². The third-order valence-electron chi connectivity index (χ3n) is 8.20. The third kappa shape index (κ3) is 4.73. The maximum absolute atomic E-state index is 4.09. The summed E-state index contributed by atoms with van der Waals surface area (Å²) >= 11 is -2.81. The monoisotopic (exact) mass is 674 g/mol. The standard InChI is InChI=1S/2C11H9.2C6H5.2ClH.GeH2.Zr/c2*1-2-6-10(7-3-1)11-8-4-5-9-11;2*1-2-4-6-5-3-1;;;;/h2*1-3,6-9H,4H2;2*1-5H;2*1H;1H2;. The van der Waals surface area contributed by atoms with E-state index in [2.05, 4.69) is 146 Å². The van der Waals surface area contributed by atoms with Crippen molar-refractivity contribution in [1.82, 2.24) is 0 Å². The molecule has 0 amide bonds. The zero-order chi connectivity index (χ0) is 24.5. The van der Waals surface area contributed by atoms with Crippen molar-refractivity contribution >= 4 is 54.6 Å². The first-order valence-electron chi connectivity index (χ1n) is 12.8. The molecule has 0 unspecified atom stereocenters. The van der Waals surface area contributed by atoms with E-state index in [1.807, 2.05) is 0 Å². The molecule has 4 heteroatoms. The van der Waals surface area contributed by atoms with Crippen LogP contribution in [0.3, 0.4) is 0 Å². The molecule has 190 valence electrons. The van der Waals surface area contributed by atoms with Gasteiger partial charge >= 0.3 is 222 Å². The van der Waals surface area contributed by atoms with Crippen molar-refractivity contribution in [3.63, 3.8) is 0 Å². The molecule has 0 heterocycles. The molecule has 38 heavy (non-hydrogen) atoms. The van der Waals surface area contributed by atoms with E-state index in [4.69, 9.17) is 0 Å². The summed E-state index contributed by atoms with van der Waals surface area (Å²) in [4.78, 5) is 0. The van der Waals surface area contributed by atoms with E-state index < -0.39 is 15.7 Å². The van der Waals surface area contributed by atoms with Gasteiger partial charge in [0.1, 0.15) is 0 Å². The Bertz CT molecular complexity index is 1480. The number of rotatable bonds is 6. The molecule has 2 aliphatic rings. The van der Waals surface area contributed by atoms with Crippen molar-refractivity contribution in [2.45, 2.75) is 12.8 Å². The van der Waals surface area contributed by atoms with Crippen LogP contribution in [0.25, 0.3) is 11.1 Å². The van der Waals surface area contributed by atoms with Crippen molar-refractivity contribution in [1.29, 1.82) is 0 Å². The molecule has 0 bridgehead atoms. The molecule has 4 aromatic rings. The Morgan fingerprint density at radius 3 is 1.11 bits per heavy atom. The van der Waals surface area contributed by atoms with Gasteiger partial charge in [-0.25, -0.2) is 0 Å². The average Bonchev–Trinajstić information content (AvgIpc) is 3.67. The summed E-state index contributed by atoms with van der Waals surface area (Å²) in [6.07, 6.45) is 12.2. The molecule has 0 saturated carbocycles. The minimum atomic E-state index is -4.09. The molecule has 0 N–H and O–H groups in total. The Morgan fingerprint density at radius 1 is 0.447 bits per heavy atom. The fraction of sp³-hybridized carbons (Fsp3) is 0.0588. The van der Waals surface area contributed by atoms with Crippen LogP contribution < -0.4 is 6.54 Å². The quantitative estimate of drug-likeness (QED) is 0.186. The van der Waals surface area contributed by atoms with Gasteiger partial charge in [-0.1, -0.05) is 0 Å². The van der Waals surface area contributed by atoms with Crippen molar-refractivity contribution in [3.05, 3.63) is 163 Å². The van der Waals surface area contributed by atoms with Crippen LogP contribution >= 0.6 is 24.8 Å². The first-order valence-corrected chi connectivity index (χ1v) is 28.2. The summed E-state index contributed by atoms with van der Waals surface area (Å²) in [7, 11) is 0. The predicted octanol–water partition coefficient (Wildman–Crippen LogP) is 7.46. The summed E-state index contributed by atoms with van der Waals surface area (Å²) in [6, 6.07) is 44.9. The molecule has 0 aliphatic heterocycles. The first kappa shape index (κ1) is 28.8. The molecule has 0 spiro atoms. The van der Waals surface area contributed by atoms with E-state index in [-0.39, 0.29) is 24.8 Å². The van der Waals surface area contributed by atoms with Crippen LogP contribution in [0, 0.1) is 0 Å². The van der Waals surface area contributed by atoms with E-state index in [1.165, 1.54) is 34.4 Å². The topological polar surface area (TPSA) is 0 Å². The van der Waals surface area contributed by atoms with Crippen LogP contribution in [0.4, 0.5) is 0 Å². The van der Waals surface area contributed by atoms with Crippen LogP contribution in [0.1, 0.15) is 24.0 Å². The van der Waals surface area contributed by atoms with Gasteiger partial charge in [0, 0.05) is 0 Å². The van der Waals surface area contributed by atoms with Crippen LogP contribution in [0.5, 0.6) is 0 Å². The maximum atomic E-state index is 2.57. The fourth-order valence-electron chi connectivity index (χ4n) is 6.21. The van der Waals surface area contributed by atoms with Gasteiger partial charge in [0.15, 0.2) is 0 Å². The third-order valence-corrected chi connectivity index (χ3v) is 46.2. The molecule has 0 radical (unpaired) electrons. The van der Waals surface area contributed by atoms with E-state index in [9.17, 15) is 0 Å². The van der Waals surface area contributed by atoms with Gasteiger partial charge in [0.2, 0.25) is 0 Å². The molecule has 0 aromatic heterocycles. The number of halogens is 2. The van der Waals surface area contributed by atoms with Gasteiger partial charge in [-0.15, -0.1) is 24.8 Å².